The molecule has 27 heavy (non-hydrogen) atoms. The van der Waals surface area contributed by atoms with Gasteiger partial charge in [-0.25, -0.2) is 4.79 Å². The smallest absolute Gasteiger partial charge is 0.337 e. The van der Waals surface area contributed by atoms with Gasteiger partial charge in [0, 0.05) is 10.3 Å². The van der Waals surface area contributed by atoms with Crippen LogP contribution in [0.1, 0.15) is 45.7 Å². The number of amides is 1. The molecule has 144 valence electrons. The third kappa shape index (κ3) is 5.92. The SMILES string of the molecule is COC(=O)c1ccc(OCC(=O)c2ccc(CNC(=O)C(C)(C)C)s2)cc1. The Bertz CT molecular complexity index is 818. The van der Waals surface area contributed by atoms with Crippen molar-refractivity contribution in [1.82, 2.24) is 5.32 Å². The highest BCUT2D eigenvalue weighted by atomic mass is 32.1. The largest absolute Gasteiger partial charge is 0.485 e. The lowest BCUT2D eigenvalue weighted by Gasteiger charge is -2.17. The monoisotopic (exact) mass is 389 g/mol. The Morgan fingerprint density at radius 1 is 1.04 bits per heavy atom. The van der Waals surface area contributed by atoms with Gasteiger partial charge in [0.2, 0.25) is 11.7 Å². The van der Waals surface area contributed by atoms with Crippen LogP contribution in [0.15, 0.2) is 36.4 Å². The van der Waals surface area contributed by atoms with E-state index in [9.17, 15) is 14.4 Å². The van der Waals surface area contributed by atoms with Gasteiger partial charge in [-0.05, 0) is 36.4 Å². The van der Waals surface area contributed by atoms with Gasteiger partial charge in [0.25, 0.3) is 0 Å². The van der Waals surface area contributed by atoms with Crippen LogP contribution in [0.3, 0.4) is 0 Å². The maximum atomic E-state index is 12.3. The van der Waals surface area contributed by atoms with Crippen molar-refractivity contribution < 1.29 is 23.9 Å². The highest BCUT2D eigenvalue weighted by Gasteiger charge is 2.21. The summed E-state index contributed by atoms with van der Waals surface area (Å²) in [6, 6.07) is 9.93. The average Bonchev–Trinajstić information content (AvgIpc) is 3.12. The molecule has 0 bridgehead atoms. The molecule has 1 amide bonds. The van der Waals surface area contributed by atoms with E-state index in [-0.39, 0.29) is 18.3 Å². The third-order valence-electron chi connectivity index (χ3n) is 3.69. The lowest BCUT2D eigenvalue weighted by atomic mass is 9.96. The summed E-state index contributed by atoms with van der Waals surface area (Å²) in [5.41, 5.74) is -0.0379. The fraction of sp³-hybridized carbons (Fsp3) is 0.350. The summed E-state index contributed by atoms with van der Waals surface area (Å²) in [5, 5.41) is 2.86. The van der Waals surface area contributed by atoms with Crippen LogP contribution < -0.4 is 10.1 Å². The Labute approximate surface area is 162 Å². The number of nitrogens with one attached hydrogen (secondary N) is 1. The first-order valence-electron chi connectivity index (χ1n) is 8.42. The fourth-order valence-electron chi connectivity index (χ4n) is 2.08. The molecule has 0 aliphatic carbocycles. The van der Waals surface area contributed by atoms with E-state index in [0.717, 1.165) is 4.88 Å². The summed E-state index contributed by atoms with van der Waals surface area (Å²) >= 11 is 1.33. The van der Waals surface area contributed by atoms with E-state index < -0.39 is 11.4 Å². The molecule has 0 aliphatic heterocycles. The predicted molar refractivity (Wildman–Crippen MR) is 103 cm³/mol. The van der Waals surface area contributed by atoms with Crippen LogP contribution in [0, 0.1) is 5.41 Å². The van der Waals surface area contributed by atoms with Gasteiger partial charge in [-0.1, -0.05) is 20.8 Å². The Kier molecular flexibility index (Phi) is 6.74. The Morgan fingerprint density at radius 3 is 2.30 bits per heavy atom. The van der Waals surface area contributed by atoms with Gasteiger partial charge < -0.3 is 14.8 Å². The van der Waals surface area contributed by atoms with Crippen molar-refractivity contribution >= 4 is 29.0 Å². The second kappa shape index (κ2) is 8.81. The van der Waals surface area contributed by atoms with Crippen LogP contribution in [0.25, 0.3) is 0 Å². The molecular weight excluding hydrogens is 366 g/mol. The summed E-state index contributed by atoms with van der Waals surface area (Å²) in [5.74, 6) is -0.125. The minimum absolute atomic E-state index is 0.0393. The zero-order chi connectivity index (χ0) is 20.0. The molecule has 0 aliphatic rings. The molecular formula is C20H23NO5S. The molecule has 2 rings (SSSR count). The van der Waals surface area contributed by atoms with E-state index >= 15 is 0 Å². The van der Waals surface area contributed by atoms with Gasteiger partial charge in [-0.15, -0.1) is 11.3 Å². The molecule has 2 aromatic rings. The number of benzene rings is 1. The van der Waals surface area contributed by atoms with Crippen molar-refractivity contribution in [2.45, 2.75) is 27.3 Å². The van der Waals surface area contributed by atoms with Gasteiger partial charge in [0.1, 0.15) is 5.75 Å². The summed E-state index contributed by atoms with van der Waals surface area (Å²) in [4.78, 5) is 37.0. The van der Waals surface area contributed by atoms with E-state index in [0.29, 0.717) is 22.7 Å². The Balaban J connectivity index is 1.87. The van der Waals surface area contributed by atoms with Crippen molar-refractivity contribution in [2.75, 3.05) is 13.7 Å². The molecule has 0 saturated carbocycles. The molecule has 0 radical (unpaired) electrons. The number of ketones is 1. The predicted octanol–water partition coefficient (Wildman–Crippen LogP) is 3.46. The van der Waals surface area contributed by atoms with Gasteiger partial charge in [0.05, 0.1) is 24.1 Å². The zero-order valence-corrected chi connectivity index (χ0v) is 16.6. The zero-order valence-electron chi connectivity index (χ0n) is 15.8. The van der Waals surface area contributed by atoms with Crippen LogP contribution in [-0.4, -0.2) is 31.4 Å². The van der Waals surface area contributed by atoms with Crippen LogP contribution in [-0.2, 0) is 16.1 Å². The minimum atomic E-state index is -0.451. The van der Waals surface area contributed by atoms with Gasteiger partial charge >= 0.3 is 5.97 Å². The summed E-state index contributed by atoms with van der Waals surface area (Å²) < 4.78 is 10.1. The standard InChI is InChI=1S/C20H23NO5S/c1-20(2,3)19(24)21-11-15-9-10-17(27-15)16(22)12-26-14-7-5-13(6-8-14)18(23)25-4/h5-10H,11-12H2,1-4H3,(H,21,24). The normalized spacial score (nSPS) is 11.0. The number of esters is 1. The average molecular weight is 389 g/mol. The molecule has 0 fully saturated rings. The highest BCUT2D eigenvalue weighted by Crippen LogP contribution is 2.19. The molecule has 1 aromatic carbocycles. The number of carbonyl (C=O) groups excluding carboxylic acids is 3. The Hall–Kier alpha value is -2.67. The molecule has 1 heterocycles. The number of methoxy groups -OCH3 is 1. The third-order valence-corrected chi connectivity index (χ3v) is 4.81. The fourth-order valence-corrected chi connectivity index (χ4v) is 2.95. The second-order valence-electron chi connectivity index (χ2n) is 6.93. The van der Waals surface area contributed by atoms with Crippen LogP contribution >= 0.6 is 11.3 Å². The van der Waals surface area contributed by atoms with Crippen molar-refractivity contribution in [3.8, 4) is 5.75 Å². The molecule has 0 saturated heterocycles. The number of carbonyl (C=O) groups is 3. The van der Waals surface area contributed by atoms with Gasteiger partial charge in [-0.3, -0.25) is 9.59 Å². The number of thiophene rings is 1. The molecule has 1 N–H and O–H groups in total. The first kappa shape index (κ1) is 20.6. The number of rotatable bonds is 7. The first-order valence-corrected chi connectivity index (χ1v) is 9.24. The topological polar surface area (TPSA) is 81.7 Å². The maximum Gasteiger partial charge on any atom is 0.337 e. The number of hydrogen-bond donors (Lipinski definition) is 1. The summed E-state index contributed by atoms with van der Waals surface area (Å²) in [6.45, 7) is 5.83. The lowest BCUT2D eigenvalue weighted by molar-refractivity contribution is -0.128. The molecule has 0 unspecified atom stereocenters. The number of Topliss-reactive ketones (excluding diaryl/α,β-unsaturated/α-hetero) is 1. The maximum absolute atomic E-state index is 12.3. The van der Waals surface area contributed by atoms with E-state index in [1.807, 2.05) is 26.8 Å². The molecule has 6 nitrogen and oxygen atoms in total. The Morgan fingerprint density at radius 2 is 1.70 bits per heavy atom. The van der Waals surface area contributed by atoms with Gasteiger partial charge in [-0.2, -0.15) is 0 Å². The van der Waals surface area contributed by atoms with Crippen molar-refractivity contribution in [3.63, 3.8) is 0 Å². The van der Waals surface area contributed by atoms with E-state index in [4.69, 9.17) is 4.74 Å². The van der Waals surface area contributed by atoms with Crippen LogP contribution in [0.2, 0.25) is 0 Å². The van der Waals surface area contributed by atoms with Crippen molar-refractivity contribution in [3.05, 3.63) is 51.7 Å². The highest BCUT2D eigenvalue weighted by molar-refractivity contribution is 7.14. The van der Waals surface area contributed by atoms with E-state index in [1.165, 1.54) is 18.4 Å². The summed E-state index contributed by atoms with van der Waals surface area (Å²) in [7, 11) is 1.31. The van der Waals surface area contributed by atoms with Crippen LogP contribution in [0.4, 0.5) is 0 Å². The van der Waals surface area contributed by atoms with Crippen molar-refractivity contribution in [1.29, 1.82) is 0 Å². The van der Waals surface area contributed by atoms with E-state index in [2.05, 4.69) is 10.1 Å². The molecule has 7 heteroatoms. The first-order chi connectivity index (χ1) is 12.7. The quantitative estimate of drug-likeness (QED) is 0.579. The molecule has 0 atom stereocenters. The summed E-state index contributed by atoms with van der Waals surface area (Å²) in [6.07, 6.45) is 0. The number of ether oxygens (including phenoxy) is 2. The number of hydrogen-bond acceptors (Lipinski definition) is 6. The molecule has 1 aromatic heterocycles. The van der Waals surface area contributed by atoms with Crippen LogP contribution in [0.5, 0.6) is 5.75 Å². The van der Waals surface area contributed by atoms with Crippen molar-refractivity contribution in [2.24, 2.45) is 5.41 Å². The minimum Gasteiger partial charge on any atom is -0.485 e. The van der Waals surface area contributed by atoms with Gasteiger partial charge in [0.15, 0.2) is 6.61 Å². The second-order valence-corrected chi connectivity index (χ2v) is 8.09. The lowest BCUT2D eigenvalue weighted by Crippen LogP contribution is -2.34. The van der Waals surface area contributed by atoms with E-state index in [1.54, 1.807) is 30.3 Å². The molecule has 0 spiro atoms.